The van der Waals surface area contributed by atoms with E-state index in [-0.39, 0.29) is 5.78 Å². The Kier molecular flexibility index (Phi) is 3.93. The van der Waals surface area contributed by atoms with E-state index in [0.29, 0.717) is 6.54 Å². The fourth-order valence-electron chi connectivity index (χ4n) is 1.78. The number of nitrogens with one attached hydrogen (secondary N) is 1. The molecule has 0 bridgehead atoms. The number of Topliss-reactive ketones (excluding diaryl/α,β-unsaturated/α-hetero) is 1. The summed E-state index contributed by atoms with van der Waals surface area (Å²) in [5.74, 6) is 1.05. The topological polar surface area (TPSA) is 38.3 Å². The Hall–Kier alpha value is -1.51. The van der Waals surface area contributed by atoms with E-state index in [1.807, 2.05) is 26.8 Å². The van der Waals surface area contributed by atoms with E-state index in [4.69, 9.17) is 4.74 Å². The fourth-order valence-corrected chi connectivity index (χ4v) is 1.78. The van der Waals surface area contributed by atoms with E-state index in [1.54, 1.807) is 14.0 Å². The van der Waals surface area contributed by atoms with Crippen LogP contribution in [0.3, 0.4) is 0 Å². The van der Waals surface area contributed by atoms with Crippen LogP contribution in [-0.2, 0) is 4.79 Å². The SMILES string of the molecule is COc1c(C)cc(NCC(C)=O)c(C)c1C. The molecule has 0 aliphatic carbocycles. The third kappa shape index (κ3) is 2.54. The summed E-state index contributed by atoms with van der Waals surface area (Å²) in [6.45, 7) is 8.00. The number of rotatable bonds is 4. The van der Waals surface area contributed by atoms with Crippen molar-refractivity contribution >= 4 is 11.5 Å². The molecular formula is C13H19NO2. The van der Waals surface area contributed by atoms with Gasteiger partial charge in [0.15, 0.2) is 0 Å². The summed E-state index contributed by atoms with van der Waals surface area (Å²) in [4.78, 5) is 10.9. The highest BCUT2D eigenvalue weighted by atomic mass is 16.5. The maximum Gasteiger partial charge on any atom is 0.148 e. The number of aryl methyl sites for hydroxylation is 1. The van der Waals surface area contributed by atoms with Gasteiger partial charge in [-0.05, 0) is 50.5 Å². The first-order valence-corrected chi connectivity index (χ1v) is 5.35. The molecule has 0 spiro atoms. The molecule has 0 heterocycles. The lowest BCUT2D eigenvalue weighted by molar-refractivity contribution is -0.115. The number of anilines is 1. The zero-order valence-corrected chi connectivity index (χ0v) is 10.6. The number of ether oxygens (including phenoxy) is 1. The van der Waals surface area contributed by atoms with Crippen LogP contribution in [-0.4, -0.2) is 19.4 Å². The molecule has 0 amide bonds. The molecule has 3 heteroatoms. The Bertz CT molecular complexity index is 411. The van der Waals surface area contributed by atoms with E-state index in [1.165, 1.54) is 0 Å². The monoisotopic (exact) mass is 221 g/mol. The second-order valence-electron chi connectivity index (χ2n) is 4.08. The largest absolute Gasteiger partial charge is 0.496 e. The van der Waals surface area contributed by atoms with Gasteiger partial charge in [-0.25, -0.2) is 0 Å². The van der Waals surface area contributed by atoms with Crippen molar-refractivity contribution in [2.45, 2.75) is 27.7 Å². The maximum atomic E-state index is 10.9. The quantitative estimate of drug-likeness (QED) is 0.849. The van der Waals surface area contributed by atoms with Crippen molar-refractivity contribution in [1.82, 2.24) is 0 Å². The Balaban J connectivity index is 3.08. The summed E-state index contributed by atoms with van der Waals surface area (Å²) >= 11 is 0. The van der Waals surface area contributed by atoms with Crippen molar-refractivity contribution in [3.05, 3.63) is 22.8 Å². The summed E-state index contributed by atoms with van der Waals surface area (Å²) < 4.78 is 5.34. The first-order chi connectivity index (χ1) is 7.47. The molecule has 0 aromatic heterocycles. The van der Waals surface area contributed by atoms with E-state index >= 15 is 0 Å². The standard InChI is InChI=1S/C13H19NO2/c1-8-6-12(14-7-9(2)15)10(3)11(4)13(8)16-5/h6,14H,7H2,1-5H3. The summed E-state index contributed by atoms with van der Waals surface area (Å²) in [6, 6.07) is 2.02. The van der Waals surface area contributed by atoms with Crippen LogP contribution < -0.4 is 10.1 Å². The molecule has 1 N–H and O–H groups in total. The van der Waals surface area contributed by atoms with Gasteiger partial charge in [-0.2, -0.15) is 0 Å². The predicted molar refractivity (Wildman–Crippen MR) is 66.4 cm³/mol. The van der Waals surface area contributed by atoms with Gasteiger partial charge in [0.2, 0.25) is 0 Å². The Labute approximate surface area is 96.8 Å². The van der Waals surface area contributed by atoms with Gasteiger partial charge in [0.25, 0.3) is 0 Å². The van der Waals surface area contributed by atoms with Crippen molar-refractivity contribution in [3.8, 4) is 5.75 Å². The first kappa shape index (κ1) is 12.6. The zero-order valence-electron chi connectivity index (χ0n) is 10.6. The number of hydrogen-bond acceptors (Lipinski definition) is 3. The second-order valence-corrected chi connectivity index (χ2v) is 4.08. The second kappa shape index (κ2) is 5.01. The number of ketones is 1. The van der Waals surface area contributed by atoms with Gasteiger partial charge >= 0.3 is 0 Å². The molecule has 0 fully saturated rings. The Morgan fingerprint density at radius 1 is 1.31 bits per heavy atom. The molecule has 1 rings (SSSR count). The highest BCUT2D eigenvalue weighted by Crippen LogP contribution is 2.31. The van der Waals surface area contributed by atoms with Crippen molar-refractivity contribution in [2.24, 2.45) is 0 Å². The minimum absolute atomic E-state index is 0.130. The average molecular weight is 221 g/mol. The third-order valence-electron chi connectivity index (χ3n) is 2.76. The summed E-state index contributed by atoms with van der Waals surface area (Å²) in [5.41, 5.74) is 4.33. The molecule has 1 aromatic rings. The van der Waals surface area contributed by atoms with E-state index in [2.05, 4.69) is 5.32 Å². The minimum atomic E-state index is 0.130. The fraction of sp³-hybridized carbons (Fsp3) is 0.462. The summed E-state index contributed by atoms with van der Waals surface area (Å²) in [7, 11) is 1.68. The number of carbonyl (C=O) groups is 1. The molecule has 88 valence electrons. The molecule has 3 nitrogen and oxygen atoms in total. The highest BCUT2D eigenvalue weighted by Gasteiger charge is 2.10. The molecule has 0 aliphatic heterocycles. The molecule has 0 saturated carbocycles. The highest BCUT2D eigenvalue weighted by molar-refractivity contribution is 5.81. The zero-order chi connectivity index (χ0) is 12.3. The van der Waals surface area contributed by atoms with E-state index < -0.39 is 0 Å². The molecule has 0 atom stereocenters. The van der Waals surface area contributed by atoms with Gasteiger partial charge in [0, 0.05) is 5.69 Å². The molecule has 0 radical (unpaired) electrons. The molecule has 0 aliphatic rings. The number of hydrogen-bond donors (Lipinski definition) is 1. The van der Waals surface area contributed by atoms with Crippen LogP contribution in [0.2, 0.25) is 0 Å². The molecule has 16 heavy (non-hydrogen) atoms. The van der Waals surface area contributed by atoms with Crippen LogP contribution in [0.4, 0.5) is 5.69 Å². The molecule has 0 unspecified atom stereocenters. The number of benzene rings is 1. The van der Waals surface area contributed by atoms with Gasteiger partial charge in [-0.1, -0.05) is 0 Å². The van der Waals surface area contributed by atoms with Crippen LogP contribution >= 0.6 is 0 Å². The molecule has 0 saturated heterocycles. The van der Waals surface area contributed by atoms with E-state index in [9.17, 15) is 4.79 Å². The maximum absolute atomic E-state index is 10.9. The Morgan fingerprint density at radius 3 is 2.44 bits per heavy atom. The lowest BCUT2D eigenvalue weighted by Crippen LogP contribution is -2.11. The van der Waals surface area contributed by atoms with Gasteiger partial charge in [0.1, 0.15) is 11.5 Å². The van der Waals surface area contributed by atoms with Gasteiger partial charge < -0.3 is 10.1 Å². The smallest absolute Gasteiger partial charge is 0.148 e. The molecule has 1 aromatic carbocycles. The van der Waals surface area contributed by atoms with Gasteiger partial charge in [-0.15, -0.1) is 0 Å². The normalized spacial score (nSPS) is 10.1. The van der Waals surface area contributed by atoms with Crippen molar-refractivity contribution < 1.29 is 9.53 Å². The van der Waals surface area contributed by atoms with Gasteiger partial charge in [0.05, 0.1) is 13.7 Å². The van der Waals surface area contributed by atoms with E-state index in [0.717, 1.165) is 28.1 Å². The lowest BCUT2D eigenvalue weighted by Gasteiger charge is -2.16. The Morgan fingerprint density at radius 2 is 1.94 bits per heavy atom. The lowest BCUT2D eigenvalue weighted by atomic mass is 10.0. The van der Waals surface area contributed by atoms with Crippen molar-refractivity contribution in [2.75, 3.05) is 19.0 Å². The molecular weight excluding hydrogens is 202 g/mol. The third-order valence-corrected chi connectivity index (χ3v) is 2.76. The van der Waals surface area contributed by atoms with Gasteiger partial charge in [-0.3, -0.25) is 4.79 Å². The first-order valence-electron chi connectivity index (χ1n) is 5.35. The summed E-state index contributed by atoms with van der Waals surface area (Å²) in [5, 5.41) is 3.14. The van der Waals surface area contributed by atoms with Crippen LogP contribution in [0.25, 0.3) is 0 Å². The van der Waals surface area contributed by atoms with Crippen LogP contribution in [0.1, 0.15) is 23.6 Å². The minimum Gasteiger partial charge on any atom is -0.496 e. The summed E-state index contributed by atoms with van der Waals surface area (Å²) in [6.07, 6.45) is 0. The van der Waals surface area contributed by atoms with Crippen LogP contribution in [0.15, 0.2) is 6.07 Å². The number of carbonyl (C=O) groups excluding carboxylic acids is 1. The average Bonchev–Trinajstić information content (AvgIpc) is 2.22. The predicted octanol–water partition coefficient (Wildman–Crippen LogP) is 2.62. The van der Waals surface area contributed by atoms with Crippen molar-refractivity contribution in [1.29, 1.82) is 0 Å². The number of methoxy groups -OCH3 is 1. The van der Waals surface area contributed by atoms with Crippen LogP contribution in [0, 0.1) is 20.8 Å². The van der Waals surface area contributed by atoms with Crippen LogP contribution in [0.5, 0.6) is 5.75 Å². The van der Waals surface area contributed by atoms with Crippen molar-refractivity contribution in [3.63, 3.8) is 0 Å².